The van der Waals surface area contributed by atoms with Gasteiger partial charge in [-0.1, -0.05) is 23.8 Å². The van der Waals surface area contributed by atoms with Gasteiger partial charge in [-0.2, -0.15) is 0 Å². The summed E-state index contributed by atoms with van der Waals surface area (Å²) in [7, 11) is 1.61. The van der Waals surface area contributed by atoms with Gasteiger partial charge in [0.05, 0.1) is 17.8 Å². The number of ether oxygens (including phenoxy) is 2. The summed E-state index contributed by atoms with van der Waals surface area (Å²) in [6.45, 7) is 3.94. The number of hydrazine groups is 1. The number of hydrogen-bond donors (Lipinski definition) is 1. The molecule has 2 aliphatic heterocycles. The highest BCUT2D eigenvalue weighted by molar-refractivity contribution is 5.95. The maximum absolute atomic E-state index is 12.5. The topological polar surface area (TPSA) is 50.8 Å². The first-order valence-corrected chi connectivity index (χ1v) is 7.09. The van der Waals surface area contributed by atoms with Crippen LogP contribution in [0.4, 0.5) is 5.69 Å². The van der Waals surface area contributed by atoms with Gasteiger partial charge in [0.2, 0.25) is 5.91 Å². The summed E-state index contributed by atoms with van der Waals surface area (Å²) in [6.07, 6.45) is 2.72. The number of carbonyl (C=O) groups is 1. The average molecular weight is 288 g/mol. The lowest BCUT2D eigenvalue weighted by atomic mass is 9.92. The third-order valence-corrected chi connectivity index (χ3v) is 4.00. The summed E-state index contributed by atoms with van der Waals surface area (Å²) in [5.41, 5.74) is 5.46. The summed E-state index contributed by atoms with van der Waals surface area (Å²) in [6, 6.07) is 7.85. The van der Waals surface area contributed by atoms with Crippen molar-refractivity contribution in [2.45, 2.75) is 38.6 Å². The second-order valence-corrected chi connectivity index (χ2v) is 5.72. The molecule has 0 unspecified atom stereocenters. The zero-order valence-electron chi connectivity index (χ0n) is 12.6. The minimum atomic E-state index is -0.642. The number of carbonyl (C=O) groups excluding carboxylic acids is 1. The Hall–Kier alpha value is -1.85. The molecule has 1 aromatic carbocycles. The molecule has 0 aliphatic carbocycles. The minimum Gasteiger partial charge on any atom is -0.356 e. The number of rotatable bonds is 2. The van der Waals surface area contributed by atoms with Crippen molar-refractivity contribution < 1.29 is 14.3 Å². The van der Waals surface area contributed by atoms with Crippen molar-refractivity contribution in [3.05, 3.63) is 41.6 Å². The molecule has 1 N–H and O–H groups in total. The van der Waals surface area contributed by atoms with E-state index in [1.165, 1.54) is 0 Å². The van der Waals surface area contributed by atoms with Crippen molar-refractivity contribution in [2.75, 3.05) is 12.1 Å². The van der Waals surface area contributed by atoms with Crippen LogP contribution in [0, 0.1) is 6.92 Å². The Morgan fingerprint density at radius 1 is 1.38 bits per heavy atom. The van der Waals surface area contributed by atoms with Gasteiger partial charge < -0.3 is 9.47 Å². The number of anilines is 1. The summed E-state index contributed by atoms with van der Waals surface area (Å²) in [5.74, 6) is -0.0183. The first-order valence-electron chi connectivity index (χ1n) is 7.09. The molecule has 1 amide bonds. The molecule has 5 nitrogen and oxygen atoms in total. The Kier molecular flexibility index (Phi) is 3.47. The monoisotopic (exact) mass is 288 g/mol. The van der Waals surface area contributed by atoms with Crippen molar-refractivity contribution in [1.82, 2.24) is 5.43 Å². The second kappa shape index (κ2) is 5.16. The van der Waals surface area contributed by atoms with E-state index in [9.17, 15) is 4.79 Å². The van der Waals surface area contributed by atoms with Crippen molar-refractivity contribution in [3.63, 3.8) is 0 Å². The fourth-order valence-electron chi connectivity index (χ4n) is 2.73. The average Bonchev–Trinajstić information content (AvgIpc) is 2.46. The van der Waals surface area contributed by atoms with Crippen LogP contribution in [0.25, 0.3) is 0 Å². The van der Waals surface area contributed by atoms with Gasteiger partial charge in [-0.15, -0.1) is 0 Å². The molecule has 1 fully saturated rings. The summed E-state index contributed by atoms with van der Waals surface area (Å²) < 4.78 is 11.1. The Bertz CT molecular complexity index is 582. The molecular formula is C16H20N2O3. The van der Waals surface area contributed by atoms with Gasteiger partial charge in [0.15, 0.2) is 6.29 Å². The van der Waals surface area contributed by atoms with E-state index >= 15 is 0 Å². The number of aryl methyl sites for hydroxylation is 1. The number of fused-ring (bicyclic) bond motifs is 1. The normalized spacial score (nSPS) is 28.7. The molecule has 2 atom stereocenters. The van der Waals surface area contributed by atoms with Gasteiger partial charge in [-0.25, -0.2) is 5.01 Å². The number of hydrogen-bond acceptors (Lipinski definition) is 4. The predicted molar refractivity (Wildman–Crippen MR) is 79.4 cm³/mol. The van der Waals surface area contributed by atoms with Gasteiger partial charge in [0, 0.05) is 13.5 Å². The molecular weight excluding hydrogens is 268 g/mol. The molecule has 0 aromatic heterocycles. The molecule has 5 heteroatoms. The highest BCUT2D eigenvalue weighted by Crippen LogP contribution is 2.36. The SMILES string of the molecule is CO[C@@H]1CC=C2NN(c3ccc(C)cc3)C(=O)C[C@]2(C)O1. The van der Waals surface area contributed by atoms with Crippen LogP contribution in [0.15, 0.2) is 36.0 Å². The maximum atomic E-state index is 12.5. The molecule has 0 saturated carbocycles. The summed E-state index contributed by atoms with van der Waals surface area (Å²) in [5, 5.41) is 1.59. The molecule has 2 aliphatic rings. The highest BCUT2D eigenvalue weighted by Gasteiger charge is 2.44. The number of amides is 1. The zero-order valence-corrected chi connectivity index (χ0v) is 12.6. The minimum absolute atomic E-state index is 0.0183. The van der Waals surface area contributed by atoms with Crippen molar-refractivity contribution >= 4 is 11.6 Å². The van der Waals surface area contributed by atoms with Gasteiger partial charge in [0.1, 0.15) is 5.60 Å². The largest absolute Gasteiger partial charge is 0.356 e. The number of nitrogens with one attached hydrogen (secondary N) is 1. The summed E-state index contributed by atoms with van der Waals surface area (Å²) in [4.78, 5) is 12.5. The zero-order chi connectivity index (χ0) is 15.0. The Morgan fingerprint density at radius 2 is 2.10 bits per heavy atom. The standard InChI is InChI=1S/C16H20N2O3/c1-11-4-6-12(7-5-11)18-14(19)10-16(2)13(17-18)8-9-15(20-3)21-16/h4-8,15,17H,9-10H2,1-3H3/t15-,16-/m0/s1. The van der Waals surface area contributed by atoms with E-state index in [4.69, 9.17) is 9.47 Å². The van der Waals surface area contributed by atoms with Crippen LogP contribution in [0.3, 0.4) is 0 Å². The third-order valence-electron chi connectivity index (χ3n) is 4.00. The number of nitrogens with zero attached hydrogens (tertiary/aromatic N) is 1. The number of benzene rings is 1. The van der Waals surface area contributed by atoms with Gasteiger partial charge in [-0.05, 0) is 26.0 Å². The first-order chi connectivity index (χ1) is 10.0. The fourth-order valence-corrected chi connectivity index (χ4v) is 2.73. The molecule has 0 spiro atoms. The molecule has 0 bridgehead atoms. The van der Waals surface area contributed by atoms with E-state index in [1.807, 2.05) is 44.2 Å². The van der Waals surface area contributed by atoms with Crippen molar-refractivity contribution in [2.24, 2.45) is 0 Å². The molecule has 112 valence electrons. The molecule has 3 rings (SSSR count). The molecule has 0 radical (unpaired) electrons. The van der Waals surface area contributed by atoms with Crippen LogP contribution in [0.1, 0.15) is 25.3 Å². The molecule has 21 heavy (non-hydrogen) atoms. The van der Waals surface area contributed by atoms with Gasteiger partial charge in [0.25, 0.3) is 0 Å². The van der Waals surface area contributed by atoms with Gasteiger partial charge in [-0.3, -0.25) is 10.2 Å². The van der Waals surface area contributed by atoms with Crippen LogP contribution in [-0.4, -0.2) is 24.9 Å². The van der Waals surface area contributed by atoms with Crippen molar-refractivity contribution in [1.29, 1.82) is 0 Å². The Morgan fingerprint density at radius 3 is 2.76 bits per heavy atom. The lowest BCUT2D eigenvalue weighted by molar-refractivity contribution is -0.194. The van der Waals surface area contributed by atoms with Gasteiger partial charge >= 0.3 is 0 Å². The Labute approximate surface area is 124 Å². The summed E-state index contributed by atoms with van der Waals surface area (Å²) >= 11 is 0. The third kappa shape index (κ3) is 2.54. The molecule has 2 heterocycles. The van der Waals surface area contributed by atoms with E-state index < -0.39 is 5.60 Å². The van der Waals surface area contributed by atoms with Crippen molar-refractivity contribution in [3.8, 4) is 0 Å². The van der Waals surface area contributed by atoms with Crippen LogP contribution in [0.2, 0.25) is 0 Å². The van der Waals surface area contributed by atoms with E-state index in [0.29, 0.717) is 12.8 Å². The van der Waals surface area contributed by atoms with Crippen LogP contribution in [0.5, 0.6) is 0 Å². The van der Waals surface area contributed by atoms with Crippen LogP contribution in [-0.2, 0) is 14.3 Å². The predicted octanol–water partition coefficient (Wildman–Crippen LogP) is 2.27. The Balaban J connectivity index is 1.87. The molecule has 1 saturated heterocycles. The smallest absolute Gasteiger partial charge is 0.248 e. The van der Waals surface area contributed by atoms with E-state index in [2.05, 4.69) is 5.43 Å². The van der Waals surface area contributed by atoms with E-state index in [0.717, 1.165) is 16.9 Å². The lowest BCUT2D eigenvalue weighted by Crippen LogP contribution is -2.59. The molecule has 1 aromatic rings. The lowest BCUT2D eigenvalue weighted by Gasteiger charge is -2.45. The first kappa shape index (κ1) is 14.1. The number of methoxy groups -OCH3 is 1. The van der Waals surface area contributed by atoms with Crippen LogP contribution < -0.4 is 10.4 Å². The quantitative estimate of drug-likeness (QED) is 0.907. The fraction of sp³-hybridized carbons (Fsp3) is 0.438. The maximum Gasteiger partial charge on any atom is 0.248 e. The second-order valence-electron chi connectivity index (χ2n) is 5.72. The highest BCUT2D eigenvalue weighted by atomic mass is 16.7. The van der Waals surface area contributed by atoms with E-state index in [-0.39, 0.29) is 12.2 Å². The van der Waals surface area contributed by atoms with E-state index in [1.54, 1.807) is 12.1 Å². The van der Waals surface area contributed by atoms with Crippen LogP contribution >= 0.6 is 0 Å².